The molecule has 5 atom stereocenters. The van der Waals surface area contributed by atoms with E-state index in [0.717, 1.165) is 38.0 Å². The third kappa shape index (κ3) is 35.5. The van der Waals surface area contributed by atoms with Crippen molar-refractivity contribution in [3.8, 4) is 0 Å². The van der Waals surface area contributed by atoms with Crippen LogP contribution in [0.15, 0.2) is 48.6 Å². The number of ether oxygens (including phenoxy) is 2. The second-order valence-electron chi connectivity index (χ2n) is 14.2. The van der Waals surface area contributed by atoms with Gasteiger partial charge in [-0.25, -0.2) is 4.57 Å². The Bertz CT molecular complexity index is 1090. The smallest absolute Gasteiger partial charge is 0.462 e. The molecule has 1 unspecified atom stereocenters. The second-order valence-corrected chi connectivity index (χ2v) is 15.6. The van der Waals surface area contributed by atoms with Gasteiger partial charge in [-0.15, -0.1) is 0 Å². The zero-order valence-electron chi connectivity index (χ0n) is 33.3. The van der Waals surface area contributed by atoms with E-state index in [9.17, 15) is 34.4 Å². The zero-order valence-corrected chi connectivity index (χ0v) is 34.2. The highest BCUT2D eigenvalue weighted by molar-refractivity contribution is 7.47. The van der Waals surface area contributed by atoms with Crippen molar-refractivity contribution < 1.29 is 58.0 Å². The van der Waals surface area contributed by atoms with Crippen molar-refractivity contribution in [2.75, 3.05) is 26.4 Å². The molecule has 0 saturated carbocycles. The number of rotatable bonds is 36. The number of unbranched alkanes of at least 4 members (excludes halogenated alkanes) is 11. The molecule has 0 rings (SSSR count). The molecule has 0 aliphatic heterocycles. The van der Waals surface area contributed by atoms with Gasteiger partial charge >= 0.3 is 19.8 Å². The van der Waals surface area contributed by atoms with Gasteiger partial charge in [-0.2, -0.15) is 0 Å². The summed E-state index contributed by atoms with van der Waals surface area (Å²) in [7, 11) is -4.67. The molecule has 0 aromatic rings. The van der Waals surface area contributed by atoms with Crippen LogP contribution < -0.4 is 0 Å². The molecule has 12 nitrogen and oxygen atoms in total. The lowest BCUT2D eigenvalue weighted by Gasteiger charge is -2.20. The summed E-state index contributed by atoms with van der Waals surface area (Å²) in [6, 6.07) is 0. The molecule has 13 heteroatoms. The zero-order chi connectivity index (χ0) is 40.3. The van der Waals surface area contributed by atoms with E-state index in [1.54, 1.807) is 36.5 Å². The van der Waals surface area contributed by atoms with E-state index in [1.165, 1.54) is 51.4 Å². The van der Waals surface area contributed by atoms with E-state index in [-0.39, 0.29) is 12.8 Å². The van der Waals surface area contributed by atoms with Gasteiger partial charge in [-0.1, -0.05) is 140 Å². The van der Waals surface area contributed by atoms with Crippen molar-refractivity contribution in [2.24, 2.45) is 5.92 Å². The van der Waals surface area contributed by atoms with Crippen LogP contribution in [0.1, 0.15) is 143 Å². The van der Waals surface area contributed by atoms with Gasteiger partial charge in [-0.05, 0) is 44.4 Å². The summed E-state index contributed by atoms with van der Waals surface area (Å²) in [4.78, 5) is 34.9. The predicted octanol–water partition coefficient (Wildman–Crippen LogP) is 7.96. The average molecular weight is 789 g/mol. The maximum absolute atomic E-state index is 12.6. The molecule has 54 heavy (non-hydrogen) atoms. The van der Waals surface area contributed by atoms with Gasteiger partial charge in [0.25, 0.3) is 0 Å². The molecule has 0 amide bonds. The second kappa shape index (κ2) is 35.3. The number of aliphatic hydroxyl groups is 4. The van der Waals surface area contributed by atoms with Crippen molar-refractivity contribution in [3.63, 3.8) is 0 Å². The summed E-state index contributed by atoms with van der Waals surface area (Å²) in [5.74, 6) is -0.416. The Morgan fingerprint density at radius 2 is 1.26 bits per heavy atom. The minimum atomic E-state index is -4.67. The molecule has 0 aliphatic rings. The molecule has 5 N–H and O–H groups in total. The van der Waals surface area contributed by atoms with E-state index in [1.807, 2.05) is 6.08 Å². The third-order valence-corrected chi connectivity index (χ3v) is 9.31. The molecular weight excluding hydrogens is 715 g/mol. The number of carbonyl (C=O) groups excluding carboxylic acids is 2. The van der Waals surface area contributed by atoms with Crippen LogP contribution in [-0.2, 0) is 32.7 Å². The van der Waals surface area contributed by atoms with E-state index in [4.69, 9.17) is 19.1 Å². The Morgan fingerprint density at radius 1 is 0.667 bits per heavy atom. The maximum Gasteiger partial charge on any atom is 0.472 e. The molecule has 0 saturated heterocycles. The van der Waals surface area contributed by atoms with E-state index >= 15 is 0 Å². The summed E-state index contributed by atoms with van der Waals surface area (Å²) in [6.45, 7) is 4.29. The monoisotopic (exact) mass is 788 g/mol. The minimum absolute atomic E-state index is 0.0193. The van der Waals surface area contributed by atoms with Crippen LogP contribution in [0.2, 0.25) is 0 Å². The van der Waals surface area contributed by atoms with Crippen LogP contribution in [-0.4, -0.2) is 88.1 Å². The fourth-order valence-corrected chi connectivity index (χ4v) is 5.92. The Kier molecular flexibility index (Phi) is 33.9. The first kappa shape index (κ1) is 51.9. The lowest BCUT2D eigenvalue weighted by Crippen LogP contribution is -2.30. The number of hydrogen-bond acceptors (Lipinski definition) is 11. The van der Waals surface area contributed by atoms with Gasteiger partial charge in [0.05, 0.1) is 32.0 Å². The highest BCUT2D eigenvalue weighted by Gasteiger charge is 2.27. The molecule has 0 bridgehead atoms. The van der Waals surface area contributed by atoms with Crippen LogP contribution in [0.25, 0.3) is 0 Å². The van der Waals surface area contributed by atoms with Crippen LogP contribution in [0.5, 0.6) is 0 Å². The van der Waals surface area contributed by atoms with Crippen LogP contribution in [0.3, 0.4) is 0 Å². The topological polar surface area (TPSA) is 189 Å². The van der Waals surface area contributed by atoms with E-state index in [0.29, 0.717) is 25.7 Å². The number of phosphoric ester groups is 1. The average Bonchev–Trinajstić information content (AvgIpc) is 3.13. The number of allylic oxidation sites excluding steroid dienone is 5. The van der Waals surface area contributed by atoms with Crippen molar-refractivity contribution >= 4 is 19.8 Å². The summed E-state index contributed by atoms with van der Waals surface area (Å²) < 4.78 is 32.4. The van der Waals surface area contributed by atoms with Crippen molar-refractivity contribution in [1.82, 2.24) is 0 Å². The molecular formula is C41H73O12P. The van der Waals surface area contributed by atoms with Gasteiger partial charge in [0.2, 0.25) is 0 Å². The van der Waals surface area contributed by atoms with Gasteiger partial charge in [0.15, 0.2) is 6.10 Å². The summed E-state index contributed by atoms with van der Waals surface area (Å²) in [5.41, 5.74) is 0. The minimum Gasteiger partial charge on any atom is -0.462 e. The summed E-state index contributed by atoms with van der Waals surface area (Å²) in [6.07, 6.45) is 27.3. The Morgan fingerprint density at radius 3 is 1.89 bits per heavy atom. The first-order valence-electron chi connectivity index (χ1n) is 20.2. The summed E-state index contributed by atoms with van der Waals surface area (Å²) >= 11 is 0. The highest BCUT2D eigenvalue weighted by atomic mass is 31.2. The van der Waals surface area contributed by atoms with E-state index in [2.05, 4.69) is 31.4 Å². The first-order valence-corrected chi connectivity index (χ1v) is 21.7. The molecule has 314 valence electrons. The molecule has 0 aromatic carbocycles. The first-order chi connectivity index (χ1) is 25.9. The number of hydrogen-bond donors (Lipinski definition) is 5. The Hall–Kier alpha value is -2.15. The summed E-state index contributed by atoms with van der Waals surface area (Å²) in [5, 5.41) is 38.5. The highest BCUT2D eigenvalue weighted by Crippen LogP contribution is 2.43. The molecule has 0 heterocycles. The van der Waals surface area contributed by atoms with Crippen molar-refractivity contribution in [2.45, 2.75) is 167 Å². The van der Waals surface area contributed by atoms with E-state index < -0.39 is 70.6 Å². The lowest BCUT2D eigenvalue weighted by atomic mass is 10.0. The third-order valence-electron chi connectivity index (χ3n) is 8.35. The number of aliphatic hydroxyl groups excluding tert-OH is 4. The number of phosphoric acid groups is 1. The fraction of sp³-hybridized carbons (Fsp3) is 0.756. The van der Waals surface area contributed by atoms with Crippen LogP contribution in [0.4, 0.5) is 0 Å². The van der Waals surface area contributed by atoms with Crippen LogP contribution in [0, 0.1) is 5.92 Å². The van der Waals surface area contributed by atoms with Gasteiger partial charge < -0.3 is 34.8 Å². The molecule has 0 spiro atoms. The Labute approximate surface area is 325 Å². The quantitative estimate of drug-likeness (QED) is 0.0136. The number of esters is 2. The maximum atomic E-state index is 12.6. The molecule has 0 radical (unpaired) electrons. The molecule has 0 aliphatic carbocycles. The normalized spacial score (nSPS) is 15.7. The van der Waals surface area contributed by atoms with Crippen molar-refractivity contribution in [3.05, 3.63) is 48.6 Å². The predicted molar refractivity (Wildman–Crippen MR) is 212 cm³/mol. The standard InChI is InChI=1S/C41H73O12P/c1-4-5-6-7-14-19-25-36(43)26-20-16-17-21-27-37(44)28-23-30-40(46)50-33-39(34-52-54(48,49)51-32-38(45)31-42)53-41(47)29-22-15-12-10-8-9-11-13-18-24-35(2)3/h14,16-17,19-21,26-27,35-39,42-45H,4-13,15,18,22-25,28-34H2,1-3H3,(H,48,49)/b17-16+,19-14-,26-20+,27-21-/t36-,37-,38+,39-/m1/s1. The van der Waals surface area contributed by atoms with Crippen LogP contribution >= 0.6 is 7.82 Å². The fourth-order valence-electron chi connectivity index (χ4n) is 5.14. The largest absolute Gasteiger partial charge is 0.472 e. The molecule has 0 fully saturated rings. The van der Waals surface area contributed by atoms with Crippen molar-refractivity contribution in [1.29, 1.82) is 0 Å². The lowest BCUT2D eigenvalue weighted by molar-refractivity contribution is -0.161. The van der Waals surface area contributed by atoms with Gasteiger partial charge in [0.1, 0.15) is 12.7 Å². The van der Waals surface area contributed by atoms with Gasteiger partial charge in [-0.3, -0.25) is 18.6 Å². The molecule has 0 aromatic heterocycles. The SMILES string of the molecule is CCCCC/C=C\C[C@@H](O)/C=C/C=C/C=C\[C@@H](O)CCCC(=O)OC[C@H](COP(=O)(O)OC[C@@H](O)CO)OC(=O)CCCCCCCCCCCC(C)C. The van der Waals surface area contributed by atoms with Gasteiger partial charge in [0, 0.05) is 12.8 Å². The Balaban J connectivity index is 4.61. The number of carbonyl (C=O) groups is 2.